The second-order valence-electron chi connectivity index (χ2n) is 18.5. The van der Waals surface area contributed by atoms with E-state index in [1.54, 1.807) is 17.2 Å². The third-order valence-electron chi connectivity index (χ3n) is 14.1. The molecular formula is C49H52F3N9O6S. The Balaban J connectivity index is 0.722. The van der Waals surface area contributed by atoms with Crippen molar-refractivity contribution in [2.75, 3.05) is 73.4 Å². The molecule has 10 rings (SSSR count). The van der Waals surface area contributed by atoms with Crippen LogP contribution in [0.5, 0.6) is 0 Å². The van der Waals surface area contributed by atoms with E-state index in [-0.39, 0.29) is 43.3 Å². The molecule has 2 aromatic heterocycles. The molecule has 3 amide bonds. The van der Waals surface area contributed by atoms with Gasteiger partial charge in [-0.1, -0.05) is 12.1 Å². The van der Waals surface area contributed by atoms with Gasteiger partial charge in [0.1, 0.15) is 23.7 Å². The topological polar surface area (TPSA) is 171 Å². The second-order valence-corrected chi connectivity index (χ2v) is 20.2. The van der Waals surface area contributed by atoms with Gasteiger partial charge in [-0.25, -0.2) is 18.2 Å². The summed E-state index contributed by atoms with van der Waals surface area (Å²) in [7, 11) is -4.35. The molecule has 0 aliphatic carbocycles. The molecule has 68 heavy (non-hydrogen) atoms. The molecular weight excluding hydrogens is 900 g/mol. The molecule has 1 unspecified atom stereocenters. The number of H-pyrrole nitrogens is 1. The second kappa shape index (κ2) is 18.6. The van der Waals surface area contributed by atoms with Crippen LogP contribution in [-0.4, -0.2) is 127 Å². The van der Waals surface area contributed by atoms with Crippen molar-refractivity contribution in [3.05, 3.63) is 107 Å². The fourth-order valence-electron chi connectivity index (χ4n) is 10.4. The third-order valence-corrected chi connectivity index (χ3v) is 15.6. The molecule has 4 fully saturated rings. The van der Waals surface area contributed by atoms with Crippen LogP contribution in [0.3, 0.4) is 0 Å². The Hall–Kier alpha value is -6.31. The van der Waals surface area contributed by atoms with Gasteiger partial charge in [-0.3, -0.25) is 29.2 Å². The van der Waals surface area contributed by atoms with Crippen molar-refractivity contribution >= 4 is 61.8 Å². The van der Waals surface area contributed by atoms with Gasteiger partial charge in [-0.05, 0) is 117 Å². The Morgan fingerprint density at radius 1 is 0.824 bits per heavy atom. The standard InChI is InChI=1S/C49H52F3N9O6S/c50-34-15-22-60(29-34)68(66,67)56-41-10-9-40(51)44(45(41)52)46(63)39-26-54-47-38(39)24-32(25-53-47)31-3-5-35(6-4-31)59-20-13-30(14-21-59)27-57-16-1-18-58(19-2-17-57)36-7-8-37-33(23-36)28-61(49(37)65)42-11-12-43(62)55-48(42)64/h3-10,23-26,30,34,42,56H,1-2,11-22,27-29H2,(H,53,54)(H,55,62,64)/t34-,42?/m1/s1. The van der Waals surface area contributed by atoms with Gasteiger partial charge in [0.2, 0.25) is 17.6 Å². The maximum absolute atomic E-state index is 15.8. The number of anilines is 3. The molecule has 0 bridgehead atoms. The first-order valence-corrected chi connectivity index (χ1v) is 24.8. The summed E-state index contributed by atoms with van der Waals surface area (Å²) in [5.41, 5.74) is 4.00. The number of ketones is 1. The first-order chi connectivity index (χ1) is 32.8. The lowest BCUT2D eigenvalue weighted by Crippen LogP contribution is -2.52. The van der Waals surface area contributed by atoms with Gasteiger partial charge < -0.3 is 24.6 Å². The Labute approximate surface area is 391 Å². The average molecular weight is 952 g/mol. The number of carbonyl (C=O) groups is 4. The Morgan fingerprint density at radius 3 is 2.28 bits per heavy atom. The van der Waals surface area contributed by atoms with Gasteiger partial charge in [0.15, 0.2) is 5.82 Å². The van der Waals surface area contributed by atoms with Gasteiger partial charge >= 0.3 is 10.2 Å². The fourth-order valence-corrected chi connectivity index (χ4v) is 11.7. The van der Waals surface area contributed by atoms with Gasteiger partial charge in [0, 0.05) is 105 Å². The van der Waals surface area contributed by atoms with Crippen molar-refractivity contribution in [1.82, 2.24) is 29.4 Å². The predicted molar refractivity (Wildman–Crippen MR) is 250 cm³/mol. The van der Waals surface area contributed by atoms with E-state index in [1.807, 2.05) is 29.0 Å². The fraction of sp³-hybridized carbons (Fsp3) is 0.408. The van der Waals surface area contributed by atoms with E-state index in [9.17, 15) is 32.0 Å². The van der Waals surface area contributed by atoms with Crippen molar-refractivity contribution in [1.29, 1.82) is 0 Å². The normalized spacial score (nSPS) is 21.3. The number of piperidine rings is 2. The number of imide groups is 1. The summed E-state index contributed by atoms with van der Waals surface area (Å²) < 4.78 is 73.2. The number of benzene rings is 3. The van der Waals surface area contributed by atoms with E-state index in [0.29, 0.717) is 41.0 Å². The molecule has 3 N–H and O–H groups in total. The van der Waals surface area contributed by atoms with Crippen LogP contribution in [0.25, 0.3) is 22.2 Å². The zero-order chi connectivity index (χ0) is 47.3. The number of nitrogens with zero attached hydrogens (tertiary/aromatic N) is 6. The quantitative estimate of drug-likeness (QED) is 0.105. The van der Waals surface area contributed by atoms with Crippen molar-refractivity contribution in [2.24, 2.45) is 5.92 Å². The lowest BCUT2D eigenvalue weighted by Gasteiger charge is -2.37. The molecule has 5 aromatic rings. The summed E-state index contributed by atoms with van der Waals surface area (Å²) in [5.74, 6) is -3.80. The first-order valence-electron chi connectivity index (χ1n) is 23.3. The van der Waals surface area contributed by atoms with E-state index in [0.717, 1.165) is 110 Å². The van der Waals surface area contributed by atoms with Gasteiger partial charge in [0.25, 0.3) is 5.91 Å². The summed E-state index contributed by atoms with van der Waals surface area (Å²) in [4.78, 5) is 67.5. The number of hydrogen-bond acceptors (Lipinski definition) is 10. The zero-order valence-corrected chi connectivity index (χ0v) is 38.2. The molecule has 5 aliphatic heterocycles. The number of amides is 3. The Morgan fingerprint density at radius 2 is 1.56 bits per heavy atom. The van der Waals surface area contributed by atoms with Crippen molar-refractivity contribution in [2.45, 2.75) is 63.7 Å². The van der Waals surface area contributed by atoms with Crippen LogP contribution < -0.4 is 19.8 Å². The Bertz CT molecular complexity index is 2900. The van der Waals surface area contributed by atoms with E-state index in [2.05, 4.69) is 48.2 Å². The number of hydrogen-bond donors (Lipinski definition) is 3. The van der Waals surface area contributed by atoms with Crippen molar-refractivity contribution < 1.29 is 40.8 Å². The van der Waals surface area contributed by atoms with Crippen LogP contribution in [0.2, 0.25) is 0 Å². The maximum Gasteiger partial charge on any atom is 0.301 e. The summed E-state index contributed by atoms with van der Waals surface area (Å²) in [6.07, 6.45) is 6.41. The van der Waals surface area contributed by atoms with Crippen LogP contribution in [0.4, 0.5) is 30.2 Å². The number of nitrogens with one attached hydrogen (secondary N) is 3. The minimum Gasteiger partial charge on any atom is -0.372 e. The van der Waals surface area contributed by atoms with Crippen LogP contribution in [0.15, 0.2) is 73.1 Å². The van der Waals surface area contributed by atoms with Gasteiger partial charge in [-0.2, -0.15) is 12.7 Å². The minimum absolute atomic E-state index is 0.00482. The SMILES string of the molecule is O=C1CCC(N2Cc3cc(N4CCCN(CC5CCN(c6ccc(-c7cnc8[nH]cc(C(=O)c9c(F)ccc(NS(=O)(=O)N%10CC[C@@H](F)C%10)c9F)c8c7)cc6)CC5)CCC4)ccc3C2=O)C(=O)N1. The molecule has 4 saturated heterocycles. The highest BCUT2D eigenvalue weighted by molar-refractivity contribution is 7.90. The predicted octanol–water partition coefficient (Wildman–Crippen LogP) is 6.02. The van der Waals surface area contributed by atoms with E-state index in [1.165, 1.54) is 6.20 Å². The molecule has 356 valence electrons. The molecule has 0 spiro atoms. The molecule has 2 atom stereocenters. The van der Waals surface area contributed by atoms with Gasteiger partial charge in [0.05, 0.1) is 11.3 Å². The number of fused-ring (bicyclic) bond motifs is 2. The number of pyridine rings is 1. The molecule has 0 saturated carbocycles. The third kappa shape index (κ3) is 9.05. The van der Waals surface area contributed by atoms with Crippen molar-refractivity contribution in [3.8, 4) is 11.1 Å². The Kier molecular flexibility index (Phi) is 12.5. The summed E-state index contributed by atoms with van der Waals surface area (Å²) in [5, 5.41) is 2.71. The lowest BCUT2D eigenvalue weighted by atomic mass is 9.95. The number of aromatic amines is 1. The summed E-state index contributed by atoms with van der Waals surface area (Å²) >= 11 is 0. The van der Waals surface area contributed by atoms with Crippen LogP contribution >= 0.6 is 0 Å². The molecule has 5 aliphatic rings. The maximum atomic E-state index is 15.8. The zero-order valence-electron chi connectivity index (χ0n) is 37.4. The molecule has 15 nitrogen and oxygen atoms in total. The number of alkyl halides is 1. The number of halogens is 3. The molecule has 0 radical (unpaired) electrons. The van der Waals surface area contributed by atoms with E-state index >= 15 is 8.78 Å². The van der Waals surface area contributed by atoms with Crippen molar-refractivity contribution in [3.63, 3.8) is 0 Å². The highest BCUT2D eigenvalue weighted by Crippen LogP contribution is 2.34. The summed E-state index contributed by atoms with van der Waals surface area (Å²) in [6, 6.07) is 16.9. The minimum atomic E-state index is -4.35. The lowest BCUT2D eigenvalue weighted by molar-refractivity contribution is -0.136. The average Bonchev–Trinajstić information content (AvgIpc) is 4.05. The van der Waals surface area contributed by atoms with E-state index in [4.69, 9.17) is 0 Å². The molecule has 19 heteroatoms. The highest BCUT2D eigenvalue weighted by Gasteiger charge is 2.39. The highest BCUT2D eigenvalue weighted by atomic mass is 32.2. The molecule has 3 aromatic carbocycles. The largest absolute Gasteiger partial charge is 0.372 e. The van der Waals surface area contributed by atoms with E-state index < -0.39 is 57.0 Å². The monoisotopic (exact) mass is 951 g/mol. The first kappa shape index (κ1) is 45.5. The van der Waals surface area contributed by atoms with Crippen LogP contribution in [0.1, 0.15) is 76.8 Å². The number of carbonyl (C=O) groups excluding carboxylic acids is 4. The number of aromatic nitrogens is 2. The molecule has 7 heterocycles. The smallest absolute Gasteiger partial charge is 0.301 e. The van der Waals surface area contributed by atoms with Crippen LogP contribution in [0, 0.1) is 17.6 Å². The van der Waals surface area contributed by atoms with Crippen LogP contribution in [-0.2, 0) is 26.3 Å². The van der Waals surface area contributed by atoms with Gasteiger partial charge in [-0.15, -0.1) is 0 Å². The summed E-state index contributed by atoms with van der Waals surface area (Å²) in [6.45, 7) is 6.67. The number of rotatable bonds is 11.